The summed E-state index contributed by atoms with van der Waals surface area (Å²) < 4.78 is 5.59. The van der Waals surface area contributed by atoms with Crippen LogP contribution in [0.5, 0.6) is 0 Å². The third-order valence-corrected chi connectivity index (χ3v) is 3.25. The Hall–Kier alpha value is -1.32. The predicted octanol–water partition coefficient (Wildman–Crippen LogP) is 3.42. The van der Waals surface area contributed by atoms with Crippen molar-refractivity contribution in [1.29, 1.82) is 0 Å². The molecule has 0 aliphatic carbocycles. The van der Waals surface area contributed by atoms with Gasteiger partial charge in [0.15, 0.2) is 0 Å². The summed E-state index contributed by atoms with van der Waals surface area (Å²) in [6, 6.07) is 6.14. The molecule has 1 aromatic carbocycles. The number of aryl methyl sites for hydroxylation is 1. The minimum absolute atomic E-state index is 0.0169. The van der Waals surface area contributed by atoms with E-state index in [2.05, 4.69) is 39.1 Å². The van der Waals surface area contributed by atoms with Gasteiger partial charge in [0, 0.05) is 22.9 Å². The quantitative estimate of drug-likeness (QED) is 0.886. The van der Waals surface area contributed by atoms with Crippen molar-refractivity contribution in [3.8, 4) is 0 Å². The SMILES string of the molecule is CCc1cccc2coc(C(O)CNC(C)(C)C)c12. The van der Waals surface area contributed by atoms with Crippen LogP contribution < -0.4 is 5.32 Å². The lowest BCUT2D eigenvalue weighted by molar-refractivity contribution is 0.140. The van der Waals surface area contributed by atoms with E-state index in [1.165, 1.54) is 5.56 Å². The number of furan rings is 1. The number of benzene rings is 1. The van der Waals surface area contributed by atoms with Crippen LogP contribution in [0.15, 0.2) is 28.9 Å². The number of rotatable bonds is 4. The van der Waals surface area contributed by atoms with Crippen LogP contribution in [0.3, 0.4) is 0 Å². The number of aliphatic hydroxyl groups excluding tert-OH is 1. The van der Waals surface area contributed by atoms with Crippen LogP contribution in [-0.2, 0) is 6.42 Å². The molecule has 3 heteroatoms. The largest absolute Gasteiger partial charge is 0.465 e. The van der Waals surface area contributed by atoms with Gasteiger partial charge < -0.3 is 14.8 Å². The molecule has 2 aromatic rings. The highest BCUT2D eigenvalue weighted by Gasteiger charge is 2.19. The van der Waals surface area contributed by atoms with Gasteiger partial charge in [-0.3, -0.25) is 0 Å². The zero-order chi connectivity index (χ0) is 14.0. The lowest BCUT2D eigenvalue weighted by atomic mass is 10.0. The summed E-state index contributed by atoms with van der Waals surface area (Å²) in [7, 11) is 0. The molecular formula is C16H23NO2. The second-order valence-corrected chi connectivity index (χ2v) is 5.98. The van der Waals surface area contributed by atoms with Crippen LogP contribution in [0.25, 0.3) is 10.8 Å². The van der Waals surface area contributed by atoms with Crippen molar-refractivity contribution < 1.29 is 9.52 Å². The van der Waals surface area contributed by atoms with Gasteiger partial charge >= 0.3 is 0 Å². The highest BCUT2D eigenvalue weighted by atomic mass is 16.4. The molecule has 3 nitrogen and oxygen atoms in total. The summed E-state index contributed by atoms with van der Waals surface area (Å²) in [6.45, 7) is 8.85. The average molecular weight is 261 g/mol. The molecule has 0 amide bonds. The molecule has 1 heterocycles. The van der Waals surface area contributed by atoms with E-state index in [9.17, 15) is 5.11 Å². The number of β-amino-alcohol motifs (C(OH)–C–C–N with tert-alkyl or cyclic N) is 1. The minimum atomic E-state index is -0.621. The fourth-order valence-electron chi connectivity index (χ4n) is 2.24. The van der Waals surface area contributed by atoms with E-state index in [1.54, 1.807) is 6.26 Å². The van der Waals surface area contributed by atoms with Crippen molar-refractivity contribution in [1.82, 2.24) is 5.32 Å². The third-order valence-electron chi connectivity index (χ3n) is 3.25. The van der Waals surface area contributed by atoms with Crippen LogP contribution in [0, 0.1) is 0 Å². The van der Waals surface area contributed by atoms with Crippen LogP contribution >= 0.6 is 0 Å². The summed E-state index contributed by atoms with van der Waals surface area (Å²) in [5.41, 5.74) is 1.20. The molecule has 104 valence electrons. The predicted molar refractivity (Wildman–Crippen MR) is 78.3 cm³/mol. The van der Waals surface area contributed by atoms with E-state index >= 15 is 0 Å². The van der Waals surface area contributed by atoms with Crippen molar-refractivity contribution in [2.45, 2.75) is 45.8 Å². The number of hydrogen-bond donors (Lipinski definition) is 2. The first kappa shape index (κ1) is 14.1. The minimum Gasteiger partial charge on any atom is -0.465 e. The normalized spacial score (nSPS) is 13.9. The molecule has 0 fully saturated rings. The summed E-state index contributed by atoms with van der Waals surface area (Å²) in [5, 5.41) is 15.8. The number of aliphatic hydroxyl groups is 1. The average Bonchev–Trinajstić information content (AvgIpc) is 2.78. The van der Waals surface area contributed by atoms with Crippen molar-refractivity contribution in [3.05, 3.63) is 35.8 Å². The summed E-state index contributed by atoms with van der Waals surface area (Å²) in [5.74, 6) is 0.671. The Morgan fingerprint density at radius 2 is 2.05 bits per heavy atom. The number of nitrogens with one attached hydrogen (secondary N) is 1. The molecule has 2 N–H and O–H groups in total. The van der Waals surface area contributed by atoms with E-state index in [0.29, 0.717) is 12.3 Å². The molecule has 19 heavy (non-hydrogen) atoms. The highest BCUT2D eigenvalue weighted by Crippen LogP contribution is 2.29. The van der Waals surface area contributed by atoms with Gasteiger partial charge in [-0.2, -0.15) is 0 Å². The van der Waals surface area contributed by atoms with E-state index in [-0.39, 0.29) is 5.54 Å². The van der Waals surface area contributed by atoms with Crippen LogP contribution in [0.1, 0.15) is 45.1 Å². The summed E-state index contributed by atoms with van der Waals surface area (Å²) >= 11 is 0. The maximum atomic E-state index is 10.3. The molecule has 0 spiro atoms. The van der Waals surface area contributed by atoms with E-state index < -0.39 is 6.10 Å². The molecule has 0 aliphatic rings. The Bertz CT molecular complexity index is 551. The van der Waals surface area contributed by atoms with Crippen molar-refractivity contribution in [2.75, 3.05) is 6.54 Å². The van der Waals surface area contributed by atoms with Gasteiger partial charge in [-0.1, -0.05) is 25.1 Å². The monoisotopic (exact) mass is 261 g/mol. The van der Waals surface area contributed by atoms with Gasteiger partial charge in [0.2, 0.25) is 0 Å². The van der Waals surface area contributed by atoms with Gasteiger partial charge in [-0.25, -0.2) is 0 Å². The third kappa shape index (κ3) is 3.17. The van der Waals surface area contributed by atoms with E-state index in [0.717, 1.165) is 17.2 Å². The standard InChI is InChI=1S/C16H23NO2/c1-5-11-7-6-8-12-10-19-15(14(11)12)13(18)9-17-16(2,3)4/h6-8,10,13,17-18H,5,9H2,1-4H3. The molecule has 0 bridgehead atoms. The maximum Gasteiger partial charge on any atom is 0.141 e. The first-order valence-corrected chi connectivity index (χ1v) is 6.84. The second kappa shape index (κ2) is 5.35. The van der Waals surface area contributed by atoms with Gasteiger partial charge in [-0.05, 0) is 32.8 Å². The smallest absolute Gasteiger partial charge is 0.141 e. The molecule has 1 unspecified atom stereocenters. The summed E-state index contributed by atoms with van der Waals surface area (Å²) in [4.78, 5) is 0. The zero-order valence-corrected chi connectivity index (χ0v) is 12.2. The first-order valence-electron chi connectivity index (χ1n) is 6.84. The Labute approximate surface area is 114 Å². The van der Waals surface area contributed by atoms with Gasteiger partial charge in [0.05, 0.1) is 6.26 Å². The fraction of sp³-hybridized carbons (Fsp3) is 0.500. The number of hydrogen-bond acceptors (Lipinski definition) is 3. The second-order valence-electron chi connectivity index (χ2n) is 5.98. The molecule has 0 radical (unpaired) electrons. The summed E-state index contributed by atoms with van der Waals surface area (Å²) in [6.07, 6.45) is 2.04. The first-order chi connectivity index (χ1) is 8.92. The maximum absolute atomic E-state index is 10.3. The van der Waals surface area contributed by atoms with Crippen molar-refractivity contribution >= 4 is 10.8 Å². The van der Waals surface area contributed by atoms with Gasteiger partial charge in [0.25, 0.3) is 0 Å². The van der Waals surface area contributed by atoms with E-state index in [4.69, 9.17) is 4.42 Å². The van der Waals surface area contributed by atoms with Crippen LogP contribution in [0.4, 0.5) is 0 Å². The molecule has 1 atom stereocenters. The topological polar surface area (TPSA) is 45.4 Å². The molecule has 0 saturated carbocycles. The lowest BCUT2D eigenvalue weighted by Crippen LogP contribution is -2.38. The van der Waals surface area contributed by atoms with Crippen molar-refractivity contribution in [2.24, 2.45) is 0 Å². The molecule has 2 rings (SSSR count). The molecule has 0 saturated heterocycles. The van der Waals surface area contributed by atoms with Crippen LogP contribution in [0.2, 0.25) is 0 Å². The fourth-order valence-corrected chi connectivity index (χ4v) is 2.24. The molecule has 0 aliphatic heterocycles. The molecule has 1 aromatic heterocycles. The lowest BCUT2D eigenvalue weighted by Gasteiger charge is -2.22. The Balaban J connectivity index is 2.29. The van der Waals surface area contributed by atoms with Gasteiger partial charge in [0.1, 0.15) is 11.9 Å². The van der Waals surface area contributed by atoms with Gasteiger partial charge in [-0.15, -0.1) is 0 Å². The highest BCUT2D eigenvalue weighted by molar-refractivity contribution is 5.87. The Morgan fingerprint density at radius 1 is 1.32 bits per heavy atom. The Morgan fingerprint density at radius 3 is 2.68 bits per heavy atom. The zero-order valence-electron chi connectivity index (χ0n) is 12.2. The van der Waals surface area contributed by atoms with Crippen molar-refractivity contribution in [3.63, 3.8) is 0 Å². The Kier molecular flexibility index (Phi) is 3.97. The molecular weight excluding hydrogens is 238 g/mol. The van der Waals surface area contributed by atoms with Crippen LogP contribution in [-0.4, -0.2) is 17.2 Å². The van der Waals surface area contributed by atoms with E-state index in [1.807, 2.05) is 12.1 Å². The number of fused-ring (bicyclic) bond motifs is 1.